The molecule has 0 aliphatic carbocycles. The second-order valence-electron chi connectivity index (χ2n) is 4.41. The fourth-order valence-electron chi connectivity index (χ4n) is 1.74. The van der Waals surface area contributed by atoms with Crippen LogP contribution in [0.25, 0.3) is 0 Å². The van der Waals surface area contributed by atoms with Gasteiger partial charge in [-0.1, -0.05) is 23.7 Å². The summed E-state index contributed by atoms with van der Waals surface area (Å²) in [6.45, 7) is -0.620. The summed E-state index contributed by atoms with van der Waals surface area (Å²) >= 11 is 5.68. The standard InChI is InChI=1S/C16H10ClFN2O3/c17-11-5-6-13(18)12(7-11)16(22)23-9-15(21)20-14-4-2-1-3-10(14)8-19/h1-7H,9H2,(H,20,21). The molecule has 0 fully saturated rings. The molecule has 0 spiro atoms. The normalized spacial score (nSPS) is 9.78. The lowest BCUT2D eigenvalue weighted by Crippen LogP contribution is -2.21. The second-order valence-corrected chi connectivity index (χ2v) is 4.84. The minimum atomic E-state index is -1.01. The molecular formula is C16H10ClFN2O3. The van der Waals surface area contributed by atoms with Crippen LogP contribution in [0.2, 0.25) is 5.02 Å². The first-order valence-electron chi connectivity index (χ1n) is 6.42. The van der Waals surface area contributed by atoms with E-state index in [4.69, 9.17) is 21.6 Å². The topological polar surface area (TPSA) is 79.2 Å². The van der Waals surface area contributed by atoms with Gasteiger partial charge in [0.25, 0.3) is 5.91 Å². The summed E-state index contributed by atoms with van der Waals surface area (Å²) in [5.41, 5.74) is 0.209. The Labute approximate surface area is 136 Å². The maximum Gasteiger partial charge on any atom is 0.341 e. The molecule has 0 unspecified atom stereocenters. The fourth-order valence-corrected chi connectivity index (χ4v) is 1.91. The van der Waals surface area contributed by atoms with Gasteiger partial charge in [-0.15, -0.1) is 0 Å². The molecule has 7 heteroatoms. The summed E-state index contributed by atoms with van der Waals surface area (Å²) in [4.78, 5) is 23.5. The number of carbonyl (C=O) groups is 2. The van der Waals surface area contributed by atoms with E-state index in [-0.39, 0.29) is 16.1 Å². The number of hydrogen-bond acceptors (Lipinski definition) is 4. The van der Waals surface area contributed by atoms with E-state index in [2.05, 4.69) is 5.32 Å². The number of nitriles is 1. The Morgan fingerprint density at radius 3 is 2.74 bits per heavy atom. The lowest BCUT2D eigenvalue weighted by atomic mass is 10.2. The van der Waals surface area contributed by atoms with Crippen LogP contribution in [0, 0.1) is 17.1 Å². The van der Waals surface area contributed by atoms with E-state index in [1.54, 1.807) is 12.1 Å². The van der Waals surface area contributed by atoms with E-state index in [0.29, 0.717) is 5.69 Å². The minimum Gasteiger partial charge on any atom is -0.452 e. The van der Waals surface area contributed by atoms with Gasteiger partial charge in [0.2, 0.25) is 0 Å². The van der Waals surface area contributed by atoms with Gasteiger partial charge in [-0.25, -0.2) is 9.18 Å². The number of ether oxygens (including phenoxy) is 1. The van der Waals surface area contributed by atoms with Gasteiger partial charge in [-0.2, -0.15) is 5.26 Å². The molecule has 0 saturated carbocycles. The first-order chi connectivity index (χ1) is 11.0. The van der Waals surface area contributed by atoms with Crippen LogP contribution in [0.3, 0.4) is 0 Å². The number of anilines is 1. The predicted octanol–water partition coefficient (Wildman–Crippen LogP) is 3.15. The van der Waals surface area contributed by atoms with Gasteiger partial charge in [-0.3, -0.25) is 4.79 Å². The van der Waals surface area contributed by atoms with E-state index in [9.17, 15) is 14.0 Å². The number of amides is 1. The van der Waals surface area contributed by atoms with Gasteiger partial charge < -0.3 is 10.1 Å². The van der Waals surface area contributed by atoms with Crippen LogP contribution < -0.4 is 5.32 Å². The zero-order valence-corrected chi connectivity index (χ0v) is 12.4. The summed E-state index contributed by atoms with van der Waals surface area (Å²) in [6, 6.07) is 11.7. The highest BCUT2D eigenvalue weighted by Crippen LogP contribution is 2.16. The molecule has 23 heavy (non-hydrogen) atoms. The third kappa shape index (κ3) is 4.28. The highest BCUT2D eigenvalue weighted by atomic mass is 35.5. The Kier molecular flexibility index (Phi) is 5.28. The van der Waals surface area contributed by atoms with Crippen molar-refractivity contribution in [2.75, 3.05) is 11.9 Å². The number of para-hydroxylation sites is 1. The van der Waals surface area contributed by atoms with Crippen LogP contribution in [-0.4, -0.2) is 18.5 Å². The molecule has 5 nitrogen and oxygen atoms in total. The summed E-state index contributed by atoms with van der Waals surface area (Å²) in [5, 5.41) is 11.5. The number of nitrogens with zero attached hydrogens (tertiary/aromatic N) is 1. The van der Waals surface area contributed by atoms with Crippen molar-refractivity contribution in [2.45, 2.75) is 0 Å². The Balaban J connectivity index is 1.98. The molecule has 0 radical (unpaired) electrons. The minimum absolute atomic E-state index is 0.172. The maximum atomic E-state index is 13.5. The Hall–Kier alpha value is -2.91. The zero-order valence-electron chi connectivity index (χ0n) is 11.7. The average molecular weight is 333 g/mol. The monoisotopic (exact) mass is 332 g/mol. The van der Waals surface area contributed by atoms with Crippen molar-refractivity contribution in [2.24, 2.45) is 0 Å². The predicted molar refractivity (Wildman–Crippen MR) is 81.5 cm³/mol. The SMILES string of the molecule is N#Cc1ccccc1NC(=O)COC(=O)c1cc(Cl)ccc1F. The Morgan fingerprint density at radius 1 is 1.26 bits per heavy atom. The van der Waals surface area contributed by atoms with Crippen LogP contribution in [0.4, 0.5) is 10.1 Å². The van der Waals surface area contributed by atoms with Crippen molar-refractivity contribution >= 4 is 29.2 Å². The smallest absolute Gasteiger partial charge is 0.341 e. The average Bonchev–Trinajstić information content (AvgIpc) is 2.55. The van der Waals surface area contributed by atoms with E-state index < -0.39 is 24.3 Å². The Bertz CT molecular complexity index is 802. The van der Waals surface area contributed by atoms with Crippen molar-refractivity contribution in [3.8, 4) is 6.07 Å². The summed E-state index contributed by atoms with van der Waals surface area (Å²) < 4.78 is 18.2. The fraction of sp³-hybridized carbons (Fsp3) is 0.0625. The molecule has 0 saturated heterocycles. The van der Waals surface area contributed by atoms with Crippen LogP contribution in [-0.2, 0) is 9.53 Å². The summed E-state index contributed by atoms with van der Waals surface area (Å²) in [6.07, 6.45) is 0. The third-order valence-corrected chi connectivity index (χ3v) is 3.04. The van der Waals surface area contributed by atoms with Crippen molar-refractivity contribution in [1.29, 1.82) is 5.26 Å². The van der Waals surface area contributed by atoms with Crippen LogP contribution in [0.5, 0.6) is 0 Å². The number of halogens is 2. The molecule has 2 aromatic carbocycles. The van der Waals surface area contributed by atoms with Gasteiger partial charge >= 0.3 is 5.97 Å². The molecule has 0 bridgehead atoms. The lowest BCUT2D eigenvalue weighted by Gasteiger charge is -2.08. The highest BCUT2D eigenvalue weighted by molar-refractivity contribution is 6.30. The van der Waals surface area contributed by atoms with Crippen LogP contribution in [0.1, 0.15) is 15.9 Å². The second kappa shape index (κ2) is 7.38. The largest absolute Gasteiger partial charge is 0.452 e. The number of nitrogens with one attached hydrogen (secondary N) is 1. The Morgan fingerprint density at radius 2 is 2.00 bits per heavy atom. The molecule has 1 N–H and O–H groups in total. The number of carbonyl (C=O) groups excluding carboxylic acids is 2. The van der Waals surface area contributed by atoms with Crippen LogP contribution >= 0.6 is 11.6 Å². The molecular weight excluding hydrogens is 323 g/mol. The zero-order chi connectivity index (χ0) is 16.8. The van der Waals surface area contributed by atoms with E-state index >= 15 is 0 Å². The molecule has 0 aromatic heterocycles. The van der Waals surface area contributed by atoms with Crippen molar-refractivity contribution < 1.29 is 18.7 Å². The summed E-state index contributed by atoms with van der Waals surface area (Å²) in [7, 11) is 0. The first-order valence-corrected chi connectivity index (χ1v) is 6.80. The van der Waals surface area contributed by atoms with Crippen molar-refractivity contribution in [3.63, 3.8) is 0 Å². The van der Waals surface area contributed by atoms with Crippen molar-refractivity contribution in [1.82, 2.24) is 0 Å². The van der Waals surface area contributed by atoms with Gasteiger partial charge in [0, 0.05) is 5.02 Å². The molecule has 2 aromatic rings. The summed E-state index contributed by atoms with van der Waals surface area (Å²) in [5.74, 6) is -2.45. The van der Waals surface area contributed by atoms with Gasteiger partial charge in [0.1, 0.15) is 11.9 Å². The van der Waals surface area contributed by atoms with E-state index in [1.165, 1.54) is 18.2 Å². The molecule has 1 amide bonds. The maximum absolute atomic E-state index is 13.5. The molecule has 0 aliphatic heterocycles. The number of benzene rings is 2. The molecule has 0 heterocycles. The van der Waals surface area contributed by atoms with Crippen molar-refractivity contribution in [3.05, 3.63) is 64.4 Å². The highest BCUT2D eigenvalue weighted by Gasteiger charge is 2.16. The molecule has 0 atom stereocenters. The molecule has 116 valence electrons. The van der Waals surface area contributed by atoms with E-state index in [0.717, 1.165) is 12.1 Å². The van der Waals surface area contributed by atoms with Crippen LogP contribution in [0.15, 0.2) is 42.5 Å². The molecule has 0 aliphatic rings. The third-order valence-electron chi connectivity index (χ3n) is 2.80. The van der Waals surface area contributed by atoms with Gasteiger partial charge in [0.15, 0.2) is 6.61 Å². The number of esters is 1. The quantitative estimate of drug-likeness (QED) is 0.872. The van der Waals surface area contributed by atoms with Gasteiger partial charge in [0.05, 0.1) is 16.8 Å². The molecule has 2 rings (SSSR count). The van der Waals surface area contributed by atoms with E-state index in [1.807, 2.05) is 6.07 Å². The number of rotatable bonds is 4. The lowest BCUT2D eigenvalue weighted by molar-refractivity contribution is -0.119. The van der Waals surface area contributed by atoms with Gasteiger partial charge in [-0.05, 0) is 30.3 Å². The number of hydrogen-bond donors (Lipinski definition) is 1. The first kappa shape index (κ1) is 16.5.